The maximum Gasteiger partial charge on any atom is 0.255 e. The van der Waals surface area contributed by atoms with Crippen LogP contribution in [-0.2, 0) is 11.2 Å². The summed E-state index contributed by atoms with van der Waals surface area (Å²) in [5, 5.41) is 18.8. The van der Waals surface area contributed by atoms with Gasteiger partial charge in [0.05, 0.1) is 23.8 Å². The summed E-state index contributed by atoms with van der Waals surface area (Å²) in [6, 6.07) is 11.4. The van der Waals surface area contributed by atoms with Crippen LogP contribution in [0.25, 0.3) is 11.4 Å². The van der Waals surface area contributed by atoms with Crippen LogP contribution in [0.3, 0.4) is 0 Å². The number of rotatable bonds is 8. The molecule has 0 saturated carbocycles. The average molecular weight is 437 g/mol. The molecule has 2 aromatic heterocycles. The normalized spacial score (nSPS) is 15.8. The van der Waals surface area contributed by atoms with E-state index >= 15 is 0 Å². The Balaban J connectivity index is 1.47. The Hall–Kier alpha value is -3.79. The SMILES string of the molecule is O=C1CNC[C@@H](CNC(=O)c2ccc(-c3cc[nH]n3)nc2NCCc2cccc(F)c2)N1. The van der Waals surface area contributed by atoms with Gasteiger partial charge in [-0.05, 0) is 42.3 Å². The van der Waals surface area contributed by atoms with Crippen molar-refractivity contribution < 1.29 is 14.0 Å². The van der Waals surface area contributed by atoms with Crippen molar-refractivity contribution in [3.63, 3.8) is 0 Å². The van der Waals surface area contributed by atoms with Crippen molar-refractivity contribution in [2.45, 2.75) is 12.5 Å². The van der Waals surface area contributed by atoms with Crippen LogP contribution in [-0.4, -0.2) is 59.2 Å². The maximum absolute atomic E-state index is 13.4. The van der Waals surface area contributed by atoms with Crippen LogP contribution < -0.4 is 21.3 Å². The Morgan fingerprint density at radius 1 is 1.19 bits per heavy atom. The van der Waals surface area contributed by atoms with E-state index in [1.807, 2.05) is 6.07 Å². The van der Waals surface area contributed by atoms with E-state index in [2.05, 4.69) is 36.4 Å². The molecule has 2 amide bonds. The van der Waals surface area contributed by atoms with Crippen molar-refractivity contribution in [2.24, 2.45) is 0 Å². The molecule has 10 heteroatoms. The molecule has 0 bridgehead atoms. The molecular formula is C22H24FN7O2. The highest BCUT2D eigenvalue weighted by Crippen LogP contribution is 2.20. The molecule has 1 saturated heterocycles. The first-order valence-corrected chi connectivity index (χ1v) is 10.4. The molecule has 3 heterocycles. The van der Waals surface area contributed by atoms with Gasteiger partial charge in [-0.25, -0.2) is 9.37 Å². The Bertz CT molecular complexity index is 1090. The highest BCUT2D eigenvalue weighted by atomic mass is 19.1. The second-order valence-corrected chi connectivity index (χ2v) is 7.46. The number of nitrogens with one attached hydrogen (secondary N) is 5. The van der Waals surface area contributed by atoms with Gasteiger partial charge in [-0.1, -0.05) is 12.1 Å². The van der Waals surface area contributed by atoms with Crippen molar-refractivity contribution >= 4 is 17.6 Å². The molecule has 166 valence electrons. The molecule has 1 aliphatic heterocycles. The molecule has 1 aliphatic rings. The fourth-order valence-corrected chi connectivity index (χ4v) is 3.46. The lowest BCUT2D eigenvalue weighted by molar-refractivity contribution is -0.122. The number of halogens is 1. The summed E-state index contributed by atoms with van der Waals surface area (Å²) in [6.45, 7) is 1.62. The zero-order chi connectivity index (χ0) is 22.3. The quantitative estimate of drug-likeness (QED) is 0.359. The van der Waals surface area contributed by atoms with Crippen LogP contribution in [0.4, 0.5) is 10.2 Å². The molecule has 1 aromatic carbocycles. The summed E-state index contributed by atoms with van der Waals surface area (Å²) < 4.78 is 13.4. The summed E-state index contributed by atoms with van der Waals surface area (Å²) in [5.74, 6) is -0.282. The standard InChI is InChI=1S/C22H24FN7O2/c23-15-3-1-2-14(10-15)6-8-25-21-17(4-5-18(29-21)19-7-9-27-30-19)22(32)26-12-16-11-24-13-20(31)28-16/h1-5,7,9-10,16,24H,6,8,11-13H2,(H,25,29)(H,26,32)(H,27,30)(H,28,31)/t16-/m0/s1. The van der Waals surface area contributed by atoms with Crippen LogP contribution in [0.2, 0.25) is 0 Å². The van der Waals surface area contributed by atoms with Gasteiger partial charge in [-0.3, -0.25) is 14.7 Å². The van der Waals surface area contributed by atoms with E-state index in [-0.39, 0.29) is 30.2 Å². The van der Waals surface area contributed by atoms with Gasteiger partial charge in [0, 0.05) is 25.8 Å². The van der Waals surface area contributed by atoms with E-state index in [0.717, 1.165) is 5.56 Å². The highest BCUT2D eigenvalue weighted by molar-refractivity contribution is 5.99. The van der Waals surface area contributed by atoms with Crippen LogP contribution in [0, 0.1) is 5.82 Å². The minimum Gasteiger partial charge on any atom is -0.369 e. The smallest absolute Gasteiger partial charge is 0.255 e. The van der Waals surface area contributed by atoms with Crippen LogP contribution >= 0.6 is 0 Å². The van der Waals surface area contributed by atoms with Crippen LogP contribution in [0.15, 0.2) is 48.7 Å². The zero-order valence-corrected chi connectivity index (χ0v) is 17.3. The van der Waals surface area contributed by atoms with Crippen LogP contribution in [0.1, 0.15) is 15.9 Å². The lowest BCUT2D eigenvalue weighted by Gasteiger charge is -2.24. The first kappa shape index (κ1) is 21.4. The summed E-state index contributed by atoms with van der Waals surface area (Å²) in [4.78, 5) is 29.0. The number of pyridine rings is 1. The Kier molecular flexibility index (Phi) is 6.71. The topological polar surface area (TPSA) is 124 Å². The molecule has 0 aliphatic carbocycles. The number of amides is 2. The third kappa shape index (κ3) is 5.46. The summed E-state index contributed by atoms with van der Waals surface area (Å²) in [5.41, 5.74) is 2.48. The molecule has 32 heavy (non-hydrogen) atoms. The highest BCUT2D eigenvalue weighted by Gasteiger charge is 2.20. The third-order valence-electron chi connectivity index (χ3n) is 5.05. The minimum atomic E-state index is -0.306. The van der Waals surface area contributed by atoms with Gasteiger partial charge in [0.2, 0.25) is 5.91 Å². The molecule has 0 radical (unpaired) electrons. The fourth-order valence-electron chi connectivity index (χ4n) is 3.46. The lowest BCUT2D eigenvalue weighted by atomic mass is 10.1. The van der Waals surface area contributed by atoms with Gasteiger partial charge in [0.25, 0.3) is 5.91 Å². The van der Waals surface area contributed by atoms with E-state index < -0.39 is 0 Å². The number of benzene rings is 1. The number of anilines is 1. The van der Waals surface area contributed by atoms with E-state index in [0.29, 0.717) is 48.8 Å². The Morgan fingerprint density at radius 2 is 2.09 bits per heavy atom. The molecule has 5 N–H and O–H groups in total. The van der Waals surface area contributed by atoms with Gasteiger partial charge < -0.3 is 21.3 Å². The number of carbonyl (C=O) groups is 2. The Labute approximate surface area is 184 Å². The van der Waals surface area contributed by atoms with Crippen molar-refractivity contribution in [2.75, 3.05) is 31.5 Å². The molecule has 1 fully saturated rings. The third-order valence-corrected chi connectivity index (χ3v) is 5.05. The number of hydrogen-bond donors (Lipinski definition) is 5. The number of hydrogen-bond acceptors (Lipinski definition) is 6. The number of carbonyl (C=O) groups excluding carboxylic acids is 2. The zero-order valence-electron chi connectivity index (χ0n) is 17.3. The second-order valence-electron chi connectivity index (χ2n) is 7.46. The largest absolute Gasteiger partial charge is 0.369 e. The molecule has 9 nitrogen and oxygen atoms in total. The van der Waals surface area contributed by atoms with Gasteiger partial charge in [0.15, 0.2) is 0 Å². The molecule has 3 aromatic rings. The number of piperazine rings is 1. The van der Waals surface area contributed by atoms with Crippen molar-refractivity contribution in [3.8, 4) is 11.4 Å². The van der Waals surface area contributed by atoms with E-state index in [1.54, 1.807) is 30.5 Å². The molecule has 4 rings (SSSR count). The summed E-state index contributed by atoms with van der Waals surface area (Å²) in [7, 11) is 0. The van der Waals surface area contributed by atoms with Gasteiger partial charge >= 0.3 is 0 Å². The molecular weight excluding hydrogens is 413 g/mol. The molecule has 0 unspecified atom stereocenters. The lowest BCUT2D eigenvalue weighted by Crippen LogP contribution is -2.56. The molecule has 0 spiro atoms. The van der Waals surface area contributed by atoms with Gasteiger partial charge in [-0.15, -0.1) is 0 Å². The fraction of sp³-hybridized carbons (Fsp3) is 0.273. The first-order chi connectivity index (χ1) is 15.6. The van der Waals surface area contributed by atoms with E-state index in [1.165, 1.54) is 12.1 Å². The number of aromatic nitrogens is 3. The number of nitrogens with zero attached hydrogens (tertiary/aromatic N) is 2. The minimum absolute atomic E-state index is 0.0970. The van der Waals surface area contributed by atoms with Gasteiger partial charge in [0.1, 0.15) is 17.3 Å². The monoisotopic (exact) mass is 437 g/mol. The van der Waals surface area contributed by atoms with E-state index in [4.69, 9.17) is 0 Å². The Morgan fingerprint density at radius 3 is 2.88 bits per heavy atom. The number of aromatic amines is 1. The predicted molar refractivity (Wildman–Crippen MR) is 118 cm³/mol. The van der Waals surface area contributed by atoms with Crippen molar-refractivity contribution in [3.05, 3.63) is 65.6 Å². The predicted octanol–water partition coefficient (Wildman–Crippen LogP) is 1.08. The van der Waals surface area contributed by atoms with Crippen molar-refractivity contribution in [1.82, 2.24) is 31.1 Å². The van der Waals surface area contributed by atoms with Crippen molar-refractivity contribution in [1.29, 1.82) is 0 Å². The average Bonchev–Trinajstić information content (AvgIpc) is 3.33. The first-order valence-electron chi connectivity index (χ1n) is 10.4. The van der Waals surface area contributed by atoms with E-state index in [9.17, 15) is 14.0 Å². The second kappa shape index (κ2) is 10.0. The maximum atomic E-state index is 13.4. The summed E-state index contributed by atoms with van der Waals surface area (Å²) in [6.07, 6.45) is 2.26. The number of H-pyrrole nitrogens is 1. The summed E-state index contributed by atoms with van der Waals surface area (Å²) >= 11 is 0. The molecule has 1 atom stereocenters. The van der Waals surface area contributed by atoms with Gasteiger partial charge in [-0.2, -0.15) is 5.10 Å². The van der Waals surface area contributed by atoms with Crippen LogP contribution in [0.5, 0.6) is 0 Å².